The van der Waals surface area contributed by atoms with E-state index < -0.39 is 0 Å². The highest BCUT2D eigenvalue weighted by molar-refractivity contribution is 6.29. The van der Waals surface area contributed by atoms with Gasteiger partial charge < -0.3 is 10.6 Å². The van der Waals surface area contributed by atoms with Crippen LogP contribution in [0.25, 0.3) is 0 Å². The van der Waals surface area contributed by atoms with Gasteiger partial charge in [0, 0.05) is 19.1 Å². The Kier molecular flexibility index (Phi) is 2.83. The monoisotopic (exact) mass is 226 g/mol. The van der Waals surface area contributed by atoms with Crippen molar-refractivity contribution >= 4 is 17.5 Å². The van der Waals surface area contributed by atoms with E-state index in [0.717, 1.165) is 6.42 Å². The van der Waals surface area contributed by atoms with Gasteiger partial charge in [0.05, 0.1) is 0 Å². The Labute approximate surface area is 92.2 Å². The number of hydrogen-bond acceptors (Lipinski definition) is 4. The van der Waals surface area contributed by atoms with Crippen LogP contribution in [0.3, 0.4) is 0 Å². The number of likely N-dealkylation sites (tertiary alicyclic amines) is 1. The van der Waals surface area contributed by atoms with Crippen molar-refractivity contribution in [2.75, 3.05) is 13.1 Å². The topological polar surface area (TPSA) is 72.1 Å². The van der Waals surface area contributed by atoms with Crippen molar-refractivity contribution in [3.63, 3.8) is 0 Å². The molecule has 1 aliphatic rings. The second-order valence-electron chi connectivity index (χ2n) is 3.54. The molecule has 5 nitrogen and oxygen atoms in total. The largest absolute Gasteiger partial charge is 0.336 e. The molecule has 1 saturated heterocycles. The summed E-state index contributed by atoms with van der Waals surface area (Å²) >= 11 is 5.58. The molecule has 1 aromatic heterocycles. The summed E-state index contributed by atoms with van der Waals surface area (Å²) in [5.41, 5.74) is 6.03. The average molecular weight is 227 g/mol. The van der Waals surface area contributed by atoms with E-state index >= 15 is 0 Å². The molecule has 80 valence electrons. The SMILES string of the molecule is NC1CCN(C(=O)c2ccc(Cl)nn2)C1. The summed E-state index contributed by atoms with van der Waals surface area (Å²) in [6.45, 7) is 1.27. The molecule has 0 radical (unpaired) electrons. The fraction of sp³-hybridized carbons (Fsp3) is 0.444. The predicted octanol–water partition coefficient (Wildman–Crippen LogP) is 0.303. The molecule has 2 rings (SSSR count). The molecule has 1 unspecified atom stereocenters. The van der Waals surface area contributed by atoms with E-state index in [0.29, 0.717) is 18.8 Å². The predicted molar refractivity (Wildman–Crippen MR) is 55.5 cm³/mol. The van der Waals surface area contributed by atoms with Crippen LogP contribution < -0.4 is 5.73 Å². The first kappa shape index (κ1) is 10.3. The quantitative estimate of drug-likeness (QED) is 0.748. The van der Waals surface area contributed by atoms with Crippen LogP contribution in [0.2, 0.25) is 5.15 Å². The van der Waals surface area contributed by atoms with Crippen LogP contribution in [0.4, 0.5) is 0 Å². The van der Waals surface area contributed by atoms with Crippen LogP contribution in [0.5, 0.6) is 0 Å². The van der Waals surface area contributed by atoms with Gasteiger partial charge in [-0.3, -0.25) is 4.79 Å². The van der Waals surface area contributed by atoms with Gasteiger partial charge in [0.15, 0.2) is 10.8 Å². The van der Waals surface area contributed by atoms with Gasteiger partial charge in [0.2, 0.25) is 0 Å². The smallest absolute Gasteiger partial charge is 0.274 e. The minimum Gasteiger partial charge on any atom is -0.336 e. The van der Waals surface area contributed by atoms with Crippen molar-refractivity contribution in [2.24, 2.45) is 5.73 Å². The van der Waals surface area contributed by atoms with Gasteiger partial charge >= 0.3 is 0 Å². The molecule has 2 N–H and O–H groups in total. The van der Waals surface area contributed by atoms with Crippen LogP contribution in [0.15, 0.2) is 12.1 Å². The van der Waals surface area contributed by atoms with Crippen LogP contribution in [-0.4, -0.2) is 40.1 Å². The van der Waals surface area contributed by atoms with E-state index in [1.807, 2.05) is 0 Å². The third kappa shape index (κ3) is 2.24. The molecule has 6 heteroatoms. The van der Waals surface area contributed by atoms with Crippen LogP contribution in [0, 0.1) is 0 Å². The zero-order chi connectivity index (χ0) is 10.8. The average Bonchev–Trinajstić information content (AvgIpc) is 2.65. The maximum absolute atomic E-state index is 11.8. The van der Waals surface area contributed by atoms with Gasteiger partial charge in [0.1, 0.15) is 0 Å². The highest BCUT2D eigenvalue weighted by atomic mass is 35.5. The first-order valence-electron chi connectivity index (χ1n) is 4.71. The van der Waals surface area contributed by atoms with E-state index in [1.54, 1.807) is 17.0 Å². The van der Waals surface area contributed by atoms with Crippen LogP contribution in [0.1, 0.15) is 16.9 Å². The molecule has 15 heavy (non-hydrogen) atoms. The maximum atomic E-state index is 11.8. The van der Waals surface area contributed by atoms with Gasteiger partial charge in [0.25, 0.3) is 5.91 Å². The lowest BCUT2D eigenvalue weighted by molar-refractivity contribution is 0.0784. The molecule has 1 aromatic rings. The zero-order valence-corrected chi connectivity index (χ0v) is 8.81. The second-order valence-corrected chi connectivity index (χ2v) is 3.93. The first-order chi connectivity index (χ1) is 7.16. The molecule has 2 heterocycles. The number of halogens is 1. The van der Waals surface area contributed by atoms with E-state index in [2.05, 4.69) is 10.2 Å². The number of carbonyl (C=O) groups excluding carboxylic acids is 1. The van der Waals surface area contributed by atoms with Gasteiger partial charge in [-0.1, -0.05) is 11.6 Å². The normalized spacial score (nSPS) is 20.7. The Morgan fingerprint density at radius 2 is 2.33 bits per heavy atom. The Morgan fingerprint density at radius 1 is 1.53 bits per heavy atom. The number of hydrogen-bond donors (Lipinski definition) is 1. The summed E-state index contributed by atoms with van der Waals surface area (Å²) in [4.78, 5) is 13.5. The van der Waals surface area contributed by atoms with E-state index in [9.17, 15) is 4.79 Å². The molecule has 1 fully saturated rings. The van der Waals surface area contributed by atoms with Crippen molar-refractivity contribution in [1.82, 2.24) is 15.1 Å². The van der Waals surface area contributed by atoms with Crippen molar-refractivity contribution < 1.29 is 4.79 Å². The maximum Gasteiger partial charge on any atom is 0.274 e. The van der Waals surface area contributed by atoms with Crippen molar-refractivity contribution in [3.05, 3.63) is 23.0 Å². The minimum atomic E-state index is -0.132. The van der Waals surface area contributed by atoms with Gasteiger partial charge in [-0.25, -0.2) is 0 Å². The molecule has 0 spiro atoms. The van der Waals surface area contributed by atoms with Crippen molar-refractivity contribution in [1.29, 1.82) is 0 Å². The summed E-state index contributed by atoms with van der Waals surface area (Å²) in [6, 6.07) is 3.20. The molecule has 0 saturated carbocycles. The second kappa shape index (κ2) is 4.12. The fourth-order valence-corrected chi connectivity index (χ4v) is 1.66. The van der Waals surface area contributed by atoms with Crippen LogP contribution >= 0.6 is 11.6 Å². The number of nitrogens with zero attached hydrogens (tertiary/aromatic N) is 3. The number of amides is 1. The Hall–Kier alpha value is -1.20. The number of carbonyl (C=O) groups is 1. The van der Waals surface area contributed by atoms with Gasteiger partial charge in [-0.2, -0.15) is 0 Å². The summed E-state index contributed by atoms with van der Waals surface area (Å²) in [5, 5.41) is 7.64. The molecule has 1 aliphatic heterocycles. The Bertz CT molecular complexity index is 367. The molecule has 0 bridgehead atoms. The van der Waals surface area contributed by atoms with Crippen LogP contribution in [-0.2, 0) is 0 Å². The van der Waals surface area contributed by atoms with Crippen molar-refractivity contribution in [2.45, 2.75) is 12.5 Å². The van der Waals surface area contributed by atoms with E-state index in [-0.39, 0.29) is 17.1 Å². The van der Waals surface area contributed by atoms with Gasteiger partial charge in [-0.15, -0.1) is 10.2 Å². The highest BCUT2D eigenvalue weighted by Gasteiger charge is 2.25. The molecule has 1 amide bonds. The summed E-state index contributed by atoms with van der Waals surface area (Å²) < 4.78 is 0. The van der Waals surface area contributed by atoms with E-state index in [1.165, 1.54) is 0 Å². The lowest BCUT2D eigenvalue weighted by atomic mass is 10.3. The molecule has 1 atom stereocenters. The number of nitrogens with two attached hydrogens (primary N) is 1. The summed E-state index contributed by atoms with van der Waals surface area (Å²) in [5.74, 6) is -0.132. The molecule has 0 aliphatic carbocycles. The van der Waals surface area contributed by atoms with Crippen molar-refractivity contribution in [3.8, 4) is 0 Å². The fourth-order valence-electron chi connectivity index (χ4n) is 1.56. The van der Waals surface area contributed by atoms with Gasteiger partial charge in [-0.05, 0) is 18.6 Å². The third-order valence-electron chi connectivity index (χ3n) is 2.36. The molecular formula is C9H11ClN4O. The molecule has 0 aromatic carbocycles. The number of rotatable bonds is 1. The third-order valence-corrected chi connectivity index (χ3v) is 2.56. The minimum absolute atomic E-state index is 0.0780. The lowest BCUT2D eigenvalue weighted by Crippen LogP contribution is -2.32. The summed E-state index contributed by atoms with van der Waals surface area (Å²) in [6.07, 6.45) is 0.840. The summed E-state index contributed by atoms with van der Waals surface area (Å²) in [7, 11) is 0. The Balaban J connectivity index is 2.11. The zero-order valence-electron chi connectivity index (χ0n) is 8.06. The van der Waals surface area contributed by atoms with E-state index in [4.69, 9.17) is 17.3 Å². The Morgan fingerprint density at radius 3 is 2.87 bits per heavy atom. The standard InChI is InChI=1S/C9H11ClN4O/c10-8-2-1-7(12-13-8)9(15)14-4-3-6(11)5-14/h1-2,6H,3-5,11H2. The molecular weight excluding hydrogens is 216 g/mol. The number of aromatic nitrogens is 2. The lowest BCUT2D eigenvalue weighted by Gasteiger charge is -2.14. The first-order valence-corrected chi connectivity index (χ1v) is 5.08. The highest BCUT2D eigenvalue weighted by Crippen LogP contribution is 2.11.